The van der Waals surface area contributed by atoms with Gasteiger partial charge in [-0.2, -0.15) is 0 Å². The molecule has 0 aliphatic heterocycles. The molecule has 0 saturated heterocycles. The van der Waals surface area contributed by atoms with E-state index in [-0.39, 0.29) is 5.41 Å². The Bertz CT molecular complexity index is 391. The lowest BCUT2D eigenvalue weighted by molar-refractivity contribution is 0.147. The Kier molecular flexibility index (Phi) is 5.58. The van der Waals surface area contributed by atoms with E-state index in [1.165, 1.54) is 18.4 Å². The fraction of sp³-hybridized carbons (Fsp3) is 0.647. The van der Waals surface area contributed by atoms with Crippen LogP contribution < -0.4 is 5.32 Å². The van der Waals surface area contributed by atoms with Gasteiger partial charge in [-0.25, -0.2) is 0 Å². The van der Waals surface area contributed by atoms with Crippen molar-refractivity contribution in [3.05, 3.63) is 35.9 Å². The molecule has 1 atom stereocenters. The van der Waals surface area contributed by atoms with Crippen LogP contribution in [-0.2, 0) is 10.2 Å². The van der Waals surface area contributed by atoms with Gasteiger partial charge in [0, 0.05) is 38.2 Å². The second-order valence-corrected chi connectivity index (χ2v) is 6.31. The molecule has 1 saturated carbocycles. The summed E-state index contributed by atoms with van der Waals surface area (Å²) < 4.78 is 5.18. The van der Waals surface area contributed by atoms with Crippen molar-refractivity contribution in [2.45, 2.75) is 31.2 Å². The molecule has 0 bridgehead atoms. The minimum absolute atomic E-state index is 0.145. The molecule has 3 nitrogen and oxygen atoms in total. The van der Waals surface area contributed by atoms with Gasteiger partial charge in [0.15, 0.2) is 0 Å². The molecule has 1 aliphatic rings. The van der Waals surface area contributed by atoms with Crippen molar-refractivity contribution in [1.82, 2.24) is 10.2 Å². The number of rotatable bonds is 9. The van der Waals surface area contributed by atoms with Gasteiger partial charge in [-0.3, -0.25) is 0 Å². The largest absolute Gasteiger partial charge is 0.383 e. The fourth-order valence-electron chi connectivity index (χ4n) is 2.67. The second-order valence-electron chi connectivity index (χ2n) is 6.31. The number of methoxy groups -OCH3 is 1. The summed E-state index contributed by atoms with van der Waals surface area (Å²) in [6.45, 7) is 6.21. The third-order valence-corrected chi connectivity index (χ3v) is 4.12. The van der Waals surface area contributed by atoms with Crippen molar-refractivity contribution < 1.29 is 4.74 Å². The molecule has 0 aromatic heterocycles. The molecular formula is C17H28N2O. The van der Waals surface area contributed by atoms with Crippen LogP contribution in [0.3, 0.4) is 0 Å². The molecule has 0 spiro atoms. The van der Waals surface area contributed by atoms with Gasteiger partial charge in [-0.05, 0) is 25.5 Å². The number of hydrogen-bond donors (Lipinski definition) is 1. The quantitative estimate of drug-likeness (QED) is 0.749. The van der Waals surface area contributed by atoms with Crippen LogP contribution in [0, 0.1) is 0 Å². The lowest BCUT2D eigenvalue weighted by atomic mass is 9.81. The lowest BCUT2D eigenvalue weighted by Gasteiger charge is -2.35. The monoisotopic (exact) mass is 276 g/mol. The van der Waals surface area contributed by atoms with Crippen LogP contribution >= 0.6 is 0 Å². The van der Waals surface area contributed by atoms with Gasteiger partial charge in [0.25, 0.3) is 0 Å². The molecular weight excluding hydrogens is 248 g/mol. The van der Waals surface area contributed by atoms with Crippen molar-refractivity contribution in [1.29, 1.82) is 0 Å². The zero-order valence-corrected chi connectivity index (χ0v) is 13.1. The Hall–Kier alpha value is -0.900. The molecule has 0 radical (unpaired) electrons. The number of nitrogens with one attached hydrogen (secondary N) is 1. The van der Waals surface area contributed by atoms with Crippen LogP contribution in [0.15, 0.2) is 30.3 Å². The summed E-state index contributed by atoms with van der Waals surface area (Å²) in [5.41, 5.74) is 1.56. The van der Waals surface area contributed by atoms with Crippen LogP contribution in [-0.4, -0.2) is 51.3 Å². The average Bonchev–Trinajstić information content (AvgIpc) is 3.28. The van der Waals surface area contributed by atoms with E-state index < -0.39 is 0 Å². The van der Waals surface area contributed by atoms with Crippen LogP contribution in [0.4, 0.5) is 0 Å². The second kappa shape index (κ2) is 7.21. The minimum atomic E-state index is 0.145. The summed E-state index contributed by atoms with van der Waals surface area (Å²) in [4.78, 5) is 2.37. The molecule has 1 unspecified atom stereocenters. The SMILES string of the molecule is COCCN(C)CC(C)(CNC1CC1)c1ccccc1. The summed E-state index contributed by atoms with van der Waals surface area (Å²) in [5.74, 6) is 0. The maximum atomic E-state index is 5.18. The summed E-state index contributed by atoms with van der Waals surface area (Å²) in [6.07, 6.45) is 2.68. The highest BCUT2D eigenvalue weighted by Gasteiger charge is 2.31. The zero-order chi connectivity index (χ0) is 14.4. The minimum Gasteiger partial charge on any atom is -0.383 e. The smallest absolute Gasteiger partial charge is 0.0589 e. The summed E-state index contributed by atoms with van der Waals surface area (Å²) in [7, 11) is 3.94. The van der Waals surface area contributed by atoms with Crippen molar-refractivity contribution in [2.24, 2.45) is 0 Å². The highest BCUT2D eigenvalue weighted by Crippen LogP contribution is 2.26. The maximum absolute atomic E-state index is 5.18. The first kappa shape index (κ1) is 15.5. The van der Waals surface area contributed by atoms with Crippen molar-refractivity contribution >= 4 is 0 Å². The number of nitrogens with zero attached hydrogens (tertiary/aromatic N) is 1. The number of benzene rings is 1. The van der Waals surface area contributed by atoms with Gasteiger partial charge < -0.3 is 15.0 Å². The third-order valence-electron chi connectivity index (χ3n) is 4.12. The van der Waals surface area contributed by atoms with Gasteiger partial charge in [0.2, 0.25) is 0 Å². The Labute approximate surface area is 123 Å². The molecule has 2 rings (SSSR count). The summed E-state index contributed by atoms with van der Waals surface area (Å²) in [6, 6.07) is 11.6. The van der Waals surface area contributed by atoms with Gasteiger partial charge in [-0.15, -0.1) is 0 Å². The van der Waals surface area contributed by atoms with Crippen molar-refractivity contribution in [2.75, 3.05) is 40.4 Å². The highest BCUT2D eigenvalue weighted by atomic mass is 16.5. The van der Waals surface area contributed by atoms with Gasteiger partial charge in [0.1, 0.15) is 0 Å². The van der Waals surface area contributed by atoms with E-state index >= 15 is 0 Å². The zero-order valence-electron chi connectivity index (χ0n) is 13.1. The number of hydrogen-bond acceptors (Lipinski definition) is 3. The first-order valence-electron chi connectivity index (χ1n) is 7.60. The van der Waals surface area contributed by atoms with E-state index in [2.05, 4.69) is 54.5 Å². The number of likely N-dealkylation sites (N-methyl/N-ethyl adjacent to an activating group) is 1. The standard InChI is InChI=1S/C17H28N2O/c1-17(13-18-16-9-10-16,14-19(2)11-12-20-3)15-7-5-4-6-8-15/h4-8,16,18H,9-14H2,1-3H3. The first-order valence-corrected chi connectivity index (χ1v) is 7.60. The molecule has 1 N–H and O–H groups in total. The molecule has 20 heavy (non-hydrogen) atoms. The Morgan fingerprint density at radius 2 is 2.00 bits per heavy atom. The molecule has 0 amide bonds. The summed E-state index contributed by atoms with van der Waals surface area (Å²) in [5, 5.41) is 3.70. The normalized spacial score (nSPS) is 18.2. The molecule has 1 aromatic rings. The molecule has 112 valence electrons. The Balaban J connectivity index is 2.02. The van der Waals surface area contributed by atoms with Crippen LogP contribution in [0.2, 0.25) is 0 Å². The van der Waals surface area contributed by atoms with Gasteiger partial charge >= 0.3 is 0 Å². The van der Waals surface area contributed by atoms with E-state index in [0.717, 1.165) is 32.3 Å². The molecule has 1 aliphatic carbocycles. The Morgan fingerprint density at radius 1 is 1.30 bits per heavy atom. The number of ether oxygens (including phenoxy) is 1. The topological polar surface area (TPSA) is 24.5 Å². The summed E-state index contributed by atoms with van der Waals surface area (Å²) >= 11 is 0. The van der Waals surface area contributed by atoms with E-state index in [4.69, 9.17) is 4.74 Å². The molecule has 1 fully saturated rings. The predicted octanol–water partition coefficient (Wildman–Crippen LogP) is 2.27. The first-order chi connectivity index (χ1) is 9.64. The van der Waals surface area contributed by atoms with E-state index in [9.17, 15) is 0 Å². The third kappa shape index (κ3) is 4.58. The van der Waals surface area contributed by atoms with Crippen molar-refractivity contribution in [3.63, 3.8) is 0 Å². The fourth-order valence-corrected chi connectivity index (χ4v) is 2.67. The van der Waals surface area contributed by atoms with Crippen LogP contribution in [0.25, 0.3) is 0 Å². The van der Waals surface area contributed by atoms with Crippen molar-refractivity contribution in [3.8, 4) is 0 Å². The van der Waals surface area contributed by atoms with Gasteiger partial charge in [0.05, 0.1) is 6.61 Å². The predicted molar refractivity (Wildman–Crippen MR) is 84.2 cm³/mol. The Morgan fingerprint density at radius 3 is 2.60 bits per heavy atom. The molecule has 1 aromatic carbocycles. The highest BCUT2D eigenvalue weighted by molar-refractivity contribution is 5.25. The lowest BCUT2D eigenvalue weighted by Crippen LogP contribution is -2.45. The molecule has 0 heterocycles. The molecule has 3 heteroatoms. The van der Waals surface area contributed by atoms with Gasteiger partial charge in [-0.1, -0.05) is 37.3 Å². The van der Waals surface area contributed by atoms with Crippen LogP contribution in [0.5, 0.6) is 0 Å². The maximum Gasteiger partial charge on any atom is 0.0589 e. The average molecular weight is 276 g/mol. The van der Waals surface area contributed by atoms with Crippen LogP contribution in [0.1, 0.15) is 25.3 Å². The van der Waals surface area contributed by atoms with E-state index in [1.54, 1.807) is 7.11 Å². The van der Waals surface area contributed by atoms with E-state index in [0.29, 0.717) is 0 Å². The van der Waals surface area contributed by atoms with E-state index in [1.807, 2.05) is 0 Å².